The molecule has 0 saturated carbocycles. The van der Waals surface area contributed by atoms with Crippen LogP contribution in [0.2, 0.25) is 0 Å². The van der Waals surface area contributed by atoms with Crippen LogP contribution in [-0.4, -0.2) is 17.6 Å². The van der Waals surface area contributed by atoms with Crippen LogP contribution in [0.1, 0.15) is 12.5 Å². The molecule has 1 aromatic heterocycles. The molecule has 0 N–H and O–H groups in total. The molecule has 0 atom stereocenters. The molecule has 0 unspecified atom stereocenters. The Morgan fingerprint density at radius 3 is 2.59 bits per heavy atom. The van der Waals surface area contributed by atoms with Crippen molar-refractivity contribution in [3.63, 3.8) is 0 Å². The van der Waals surface area contributed by atoms with Crippen molar-refractivity contribution >= 4 is 16.9 Å². The third-order valence-corrected chi connectivity index (χ3v) is 3.60. The van der Waals surface area contributed by atoms with Gasteiger partial charge in [0.15, 0.2) is 5.75 Å². The minimum Gasteiger partial charge on any atom is -0.497 e. The van der Waals surface area contributed by atoms with E-state index in [4.69, 9.17) is 9.47 Å². The van der Waals surface area contributed by atoms with Gasteiger partial charge < -0.3 is 14.0 Å². The van der Waals surface area contributed by atoms with Gasteiger partial charge in [-0.3, -0.25) is 4.79 Å². The van der Waals surface area contributed by atoms with Crippen LogP contribution in [0.25, 0.3) is 16.6 Å². The lowest BCUT2D eigenvalue weighted by Crippen LogP contribution is -2.00. The Labute approximate surface area is 128 Å². The number of carbonyl (C=O) groups excluding carboxylic acids is 1. The lowest BCUT2D eigenvalue weighted by atomic mass is 10.2. The number of fused-ring (bicyclic) bond motifs is 1. The minimum absolute atomic E-state index is 0.341. The highest BCUT2D eigenvalue weighted by molar-refractivity contribution is 5.91. The Kier molecular flexibility index (Phi) is 3.59. The van der Waals surface area contributed by atoms with Crippen molar-refractivity contribution in [3.8, 4) is 17.2 Å². The van der Waals surface area contributed by atoms with Crippen molar-refractivity contribution in [2.24, 2.45) is 0 Å². The number of para-hydroxylation sites is 1. The lowest BCUT2D eigenvalue weighted by molar-refractivity contribution is -0.131. The predicted molar refractivity (Wildman–Crippen MR) is 85.9 cm³/mol. The van der Waals surface area contributed by atoms with Crippen LogP contribution in [0.4, 0.5) is 0 Å². The zero-order chi connectivity index (χ0) is 15.7. The van der Waals surface area contributed by atoms with E-state index >= 15 is 0 Å². The number of rotatable bonds is 3. The Balaban J connectivity index is 2.27. The summed E-state index contributed by atoms with van der Waals surface area (Å²) in [6.45, 7) is 3.45. The second-order valence-electron chi connectivity index (χ2n) is 5.13. The molecule has 3 aromatic rings. The maximum absolute atomic E-state index is 11.4. The predicted octanol–water partition coefficient (Wildman–Crippen LogP) is 3.87. The number of hydrogen-bond donors (Lipinski definition) is 0. The van der Waals surface area contributed by atoms with Gasteiger partial charge in [0.1, 0.15) is 5.75 Å². The van der Waals surface area contributed by atoms with Crippen LogP contribution in [0.3, 0.4) is 0 Å². The molecule has 2 aromatic carbocycles. The summed E-state index contributed by atoms with van der Waals surface area (Å²) >= 11 is 0. The van der Waals surface area contributed by atoms with E-state index in [2.05, 4.69) is 13.0 Å². The van der Waals surface area contributed by atoms with Crippen LogP contribution in [0.5, 0.6) is 11.5 Å². The van der Waals surface area contributed by atoms with E-state index < -0.39 is 0 Å². The first-order valence-electron chi connectivity index (χ1n) is 7.03. The van der Waals surface area contributed by atoms with Crippen molar-refractivity contribution in [3.05, 3.63) is 54.2 Å². The average Bonchev–Trinajstić information content (AvgIpc) is 2.85. The third-order valence-electron chi connectivity index (χ3n) is 3.60. The second-order valence-corrected chi connectivity index (χ2v) is 5.13. The summed E-state index contributed by atoms with van der Waals surface area (Å²) in [4.78, 5) is 11.4. The molecular weight excluding hydrogens is 278 g/mol. The van der Waals surface area contributed by atoms with Crippen molar-refractivity contribution in [1.29, 1.82) is 0 Å². The van der Waals surface area contributed by atoms with Crippen LogP contribution in [0.15, 0.2) is 48.7 Å². The van der Waals surface area contributed by atoms with E-state index in [1.807, 2.05) is 47.2 Å². The molecule has 3 rings (SSSR count). The first-order valence-corrected chi connectivity index (χ1v) is 7.03. The summed E-state index contributed by atoms with van der Waals surface area (Å²) in [5.74, 6) is 0.916. The Hall–Kier alpha value is -2.75. The fourth-order valence-corrected chi connectivity index (χ4v) is 2.58. The van der Waals surface area contributed by atoms with Crippen LogP contribution in [0, 0.1) is 6.92 Å². The van der Waals surface area contributed by atoms with E-state index in [1.54, 1.807) is 7.11 Å². The second kappa shape index (κ2) is 5.56. The monoisotopic (exact) mass is 295 g/mol. The van der Waals surface area contributed by atoms with Gasteiger partial charge in [-0.2, -0.15) is 0 Å². The van der Waals surface area contributed by atoms with Crippen LogP contribution in [-0.2, 0) is 4.79 Å². The molecular formula is C18H17NO3. The van der Waals surface area contributed by atoms with Gasteiger partial charge in [-0.25, -0.2) is 0 Å². The number of methoxy groups -OCH3 is 1. The molecule has 0 aliphatic heterocycles. The van der Waals surface area contributed by atoms with Crippen LogP contribution < -0.4 is 9.47 Å². The number of nitrogens with zero attached hydrogens (tertiary/aromatic N) is 1. The topological polar surface area (TPSA) is 40.5 Å². The summed E-state index contributed by atoms with van der Waals surface area (Å²) < 4.78 is 12.7. The molecule has 0 bridgehead atoms. The summed E-state index contributed by atoms with van der Waals surface area (Å²) in [6.07, 6.45) is 1.84. The number of benzene rings is 2. The highest BCUT2D eigenvalue weighted by atomic mass is 16.5. The molecule has 22 heavy (non-hydrogen) atoms. The number of ether oxygens (including phenoxy) is 2. The van der Waals surface area contributed by atoms with Gasteiger partial charge in [0.05, 0.1) is 18.8 Å². The van der Waals surface area contributed by atoms with E-state index in [0.717, 1.165) is 27.9 Å². The van der Waals surface area contributed by atoms with Crippen molar-refractivity contribution in [2.75, 3.05) is 7.11 Å². The molecule has 0 aliphatic carbocycles. The highest BCUT2D eigenvalue weighted by Crippen LogP contribution is 2.34. The maximum Gasteiger partial charge on any atom is 0.308 e. The Morgan fingerprint density at radius 1 is 1.14 bits per heavy atom. The van der Waals surface area contributed by atoms with Gasteiger partial charge in [0, 0.05) is 18.0 Å². The van der Waals surface area contributed by atoms with E-state index in [1.165, 1.54) is 6.92 Å². The van der Waals surface area contributed by atoms with Gasteiger partial charge in [-0.15, -0.1) is 0 Å². The van der Waals surface area contributed by atoms with E-state index in [9.17, 15) is 4.79 Å². The minimum atomic E-state index is -0.341. The van der Waals surface area contributed by atoms with Crippen molar-refractivity contribution < 1.29 is 14.3 Å². The first kappa shape index (κ1) is 14.2. The summed E-state index contributed by atoms with van der Waals surface area (Å²) in [5, 5.41) is 0.845. The average molecular weight is 295 g/mol. The summed E-state index contributed by atoms with van der Waals surface area (Å²) in [7, 11) is 1.62. The smallest absolute Gasteiger partial charge is 0.308 e. The highest BCUT2D eigenvalue weighted by Gasteiger charge is 2.14. The van der Waals surface area contributed by atoms with Gasteiger partial charge in [-0.1, -0.05) is 18.2 Å². The number of aromatic nitrogens is 1. The fourth-order valence-electron chi connectivity index (χ4n) is 2.58. The number of hydrogen-bond acceptors (Lipinski definition) is 3. The van der Waals surface area contributed by atoms with Gasteiger partial charge in [0.25, 0.3) is 0 Å². The molecule has 112 valence electrons. The zero-order valence-corrected chi connectivity index (χ0v) is 12.8. The zero-order valence-electron chi connectivity index (χ0n) is 12.8. The molecule has 0 aliphatic rings. The maximum atomic E-state index is 11.4. The third kappa shape index (κ3) is 2.44. The molecule has 0 spiro atoms. The molecule has 0 amide bonds. The molecule has 0 saturated heterocycles. The standard InChI is InChI=1S/C18H17NO3/c1-12-6-4-5-7-16(12)19-11-18(22-13(2)20)15-10-14(21-3)8-9-17(15)19/h4-11H,1-3H3. The van der Waals surface area contributed by atoms with Gasteiger partial charge in [0.2, 0.25) is 0 Å². The number of carbonyl (C=O) groups is 1. The SMILES string of the molecule is COc1ccc2c(c1)c(OC(C)=O)cn2-c1ccccc1C. The van der Waals surface area contributed by atoms with E-state index in [-0.39, 0.29) is 5.97 Å². The summed E-state index contributed by atoms with van der Waals surface area (Å²) in [6, 6.07) is 13.8. The molecule has 0 fully saturated rings. The van der Waals surface area contributed by atoms with E-state index in [0.29, 0.717) is 5.75 Å². The van der Waals surface area contributed by atoms with Gasteiger partial charge in [-0.05, 0) is 36.8 Å². The Morgan fingerprint density at radius 2 is 1.91 bits per heavy atom. The quantitative estimate of drug-likeness (QED) is 0.689. The molecule has 4 heteroatoms. The largest absolute Gasteiger partial charge is 0.497 e. The molecule has 0 radical (unpaired) electrons. The number of esters is 1. The number of aryl methyl sites for hydroxylation is 1. The van der Waals surface area contributed by atoms with Crippen molar-refractivity contribution in [1.82, 2.24) is 4.57 Å². The molecule has 1 heterocycles. The molecule has 4 nitrogen and oxygen atoms in total. The normalized spacial score (nSPS) is 10.7. The first-order chi connectivity index (χ1) is 10.6. The Bertz CT molecular complexity index is 849. The summed E-state index contributed by atoms with van der Waals surface area (Å²) in [5.41, 5.74) is 3.16. The lowest BCUT2D eigenvalue weighted by Gasteiger charge is -2.08. The van der Waals surface area contributed by atoms with Crippen molar-refractivity contribution in [2.45, 2.75) is 13.8 Å². The van der Waals surface area contributed by atoms with Crippen LogP contribution >= 0.6 is 0 Å². The van der Waals surface area contributed by atoms with Gasteiger partial charge >= 0.3 is 5.97 Å². The fraction of sp³-hybridized carbons (Fsp3) is 0.167.